The van der Waals surface area contributed by atoms with Crippen LogP contribution in [0.25, 0.3) is 17.0 Å². The van der Waals surface area contributed by atoms with E-state index in [1.54, 1.807) is 6.20 Å². The van der Waals surface area contributed by atoms with Crippen molar-refractivity contribution in [2.75, 3.05) is 20.2 Å². The van der Waals surface area contributed by atoms with Gasteiger partial charge >= 0.3 is 6.18 Å². The Morgan fingerprint density at radius 1 is 1.25 bits per heavy atom. The quantitative estimate of drug-likeness (QED) is 0.493. The number of ether oxygens (including phenoxy) is 1. The van der Waals surface area contributed by atoms with E-state index in [0.717, 1.165) is 17.7 Å². The highest BCUT2D eigenvalue weighted by Gasteiger charge is 2.38. The van der Waals surface area contributed by atoms with E-state index in [2.05, 4.69) is 26.9 Å². The zero-order valence-electron chi connectivity index (χ0n) is 17.7. The Balaban J connectivity index is 1.79. The van der Waals surface area contributed by atoms with Crippen LogP contribution in [-0.2, 0) is 12.6 Å². The van der Waals surface area contributed by atoms with E-state index in [4.69, 9.17) is 4.74 Å². The predicted molar refractivity (Wildman–Crippen MR) is 116 cm³/mol. The number of aromatic nitrogens is 4. The monoisotopic (exact) mass is 444 g/mol. The first-order chi connectivity index (χ1) is 15.3. The molecular weight excluding hydrogens is 421 g/mol. The Morgan fingerprint density at radius 3 is 2.75 bits per heavy atom. The van der Waals surface area contributed by atoms with Crippen molar-refractivity contribution in [2.24, 2.45) is 4.99 Å². The van der Waals surface area contributed by atoms with Gasteiger partial charge in [-0.05, 0) is 43.8 Å². The molecule has 0 aliphatic rings. The highest BCUT2D eigenvalue weighted by atomic mass is 19.4. The van der Waals surface area contributed by atoms with E-state index in [9.17, 15) is 13.2 Å². The van der Waals surface area contributed by atoms with Gasteiger partial charge in [-0.2, -0.15) is 28.6 Å². The molecular formula is C22H23F3N6O. The Hall–Kier alpha value is -3.69. The average molecular weight is 444 g/mol. The van der Waals surface area contributed by atoms with Crippen LogP contribution in [0.15, 0.2) is 53.8 Å². The minimum atomic E-state index is -4.63. The molecule has 0 saturated heterocycles. The first kappa shape index (κ1) is 23.0. The number of aromatic amines is 1. The maximum atomic E-state index is 13.2. The molecule has 0 aliphatic heterocycles. The fraction of sp³-hybridized carbons (Fsp3) is 0.273. The first-order valence-corrected chi connectivity index (χ1v) is 9.87. The van der Waals surface area contributed by atoms with Crippen LogP contribution in [0.5, 0.6) is 5.75 Å². The van der Waals surface area contributed by atoms with Gasteiger partial charge in [0.25, 0.3) is 0 Å². The second-order valence-electron chi connectivity index (χ2n) is 6.89. The minimum Gasteiger partial charge on any atom is -0.494 e. The van der Waals surface area contributed by atoms with Crippen molar-refractivity contribution in [2.45, 2.75) is 19.5 Å². The van der Waals surface area contributed by atoms with E-state index in [1.807, 2.05) is 48.4 Å². The standard InChI is InChI=1S/C22H23F3N6O/c1-4-32-19-8-6-5-7-15(19)10-12-31(3)14-18(26-2)17-13-16(9-11-27-17)20-21(22(23,24)25)29-30-28-20/h5-9,11,13-14H,2,4,10,12H2,1,3H3,(H,28,29,30)/b18-14-. The lowest BCUT2D eigenvalue weighted by molar-refractivity contribution is -0.140. The van der Waals surface area contributed by atoms with Crippen molar-refractivity contribution in [1.29, 1.82) is 0 Å². The van der Waals surface area contributed by atoms with E-state index in [0.29, 0.717) is 24.5 Å². The number of alkyl halides is 3. The normalized spacial score (nSPS) is 12.0. The summed E-state index contributed by atoms with van der Waals surface area (Å²) < 4.78 is 45.2. The summed E-state index contributed by atoms with van der Waals surface area (Å²) in [5.74, 6) is 0.844. The molecule has 168 valence electrons. The third-order valence-electron chi connectivity index (χ3n) is 4.63. The van der Waals surface area contributed by atoms with Gasteiger partial charge < -0.3 is 9.64 Å². The highest BCUT2D eigenvalue weighted by molar-refractivity contribution is 5.70. The van der Waals surface area contributed by atoms with Crippen LogP contribution >= 0.6 is 0 Å². The molecule has 10 heteroatoms. The molecule has 3 rings (SSSR count). The molecule has 1 aromatic carbocycles. The van der Waals surface area contributed by atoms with Crippen molar-refractivity contribution >= 4 is 12.4 Å². The number of likely N-dealkylation sites (N-methyl/N-ethyl adjacent to an activating group) is 1. The summed E-state index contributed by atoms with van der Waals surface area (Å²) in [6, 6.07) is 10.7. The number of rotatable bonds is 9. The van der Waals surface area contributed by atoms with Crippen LogP contribution in [0.1, 0.15) is 23.9 Å². The molecule has 0 radical (unpaired) electrons. The van der Waals surface area contributed by atoms with E-state index in [1.165, 1.54) is 18.3 Å². The molecule has 0 unspecified atom stereocenters. The van der Waals surface area contributed by atoms with Gasteiger partial charge in [0.05, 0.1) is 12.3 Å². The van der Waals surface area contributed by atoms with Gasteiger partial charge in [-0.1, -0.05) is 18.2 Å². The summed E-state index contributed by atoms with van der Waals surface area (Å²) in [5.41, 5.74) is 0.703. The number of benzene rings is 1. The van der Waals surface area contributed by atoms with Gasteiger partial charge in [0.2, 0.25) is 0 Å². The molecule has 0 aliphatic carbocycles. The van der Waals surface area contributed by atoms with Gasteiger partial charge in [0, 0.05) is 31.6 Å². The lowest BCUT2D eigenvalue weighted by Crippen LogP contribution is -2.15. The maximum Gasteiger partial charge on any atom is 0.437 e. The number of para-hydroxylation sites is 1. The van der Waals surface area contributed by atoms with Crippen LogP contribution in [0.3, 0.4) is 0 Å². The van der Waals surface area contributed by atoms with Gasteiger partial charge in [0.15, 0.2) is 5.69 Å². The summed E-state index contributed by atoms with van der Waals surface area (Å²) in [7, 11) is 1.87. The molecule has 0 fully saturated rings. The summed E-state index contributed by atoms with van der Waals surface area (Å²) in [6.07, 6.45) is -0.749. The van der Waals surface area contributed by atoms with Crippen molar-refractivity contribution in [3.05, 3.63) is 65.7 Å². The minimum absolute atomic E-state index is 0.221. The maximum absolute atomic E-state index is 13.2. The summed E-state index contributed by atoms with van der Waals surface area (Å²) in [6.45, 7) is 6.75. The van der Waals surface area contributed by atoms with Crippen LogP contribution < -0.4 is 4.74 Å². The molecule has 0 spiro atoms. The van der Waals surface area contributed by atoms with Crippen LogP contribution in [-0.4, -0.2) is 52.2 Å². The predicted octanol–water partition coefficient (Wildman–Crippen LogP) is 4.46. The van der Waals surface area contributed by atoms with Crippen LogP contribution in [0, 0.1) is 0 Å². The number of nitrogens with zero attached hydrogens (tertiary/aromatic N) is 5. The molecule has 0 saturated carbocycles. The average Bonchev–Trinajstić information content (AvgIpc) is 3.28. The molecule has 0 atom stereocenters. The van der Waals surface area contributed by atoms with Crippen molar-refractivity contribution < 1.29 is 17.9 Å². The molecule has 0 bridgehead atoms. The molecule has 32 heavy (non-hydrogen) atoms. The van der Waals surface area contributed by atoms with Crippen LogP contribution in [0.2, 0.25) is 0 Å². The lowest BCUT2D eigenvalue weighted by atomic mass is 10.1. The molecule has 2 aromatic heterocycles. The number of hydrogen-bond acceptors (Lipinski definition) is 6. The number of aliphatic imine (C=N–C) groups is 1. The number of halogens is 3. The third kappa shape index (κ3) is 5.51. The van der Waals surface area contributed by atoms with Crippen LogP contribution in [0.4, 0.5) is 13.2 Å². The Morgan fingerprint density at radius 2 is 2.03 bits per heavy atom. The Bertz CT molecular complexity index is 1090. The molecule has 2 heterocycles. The van der Waals surface area contributed by atoms with E-state index >= 15 is 0 Å². The SMILES string of the molecule is C=N/C(=C\N(C)CCc1ccccc1OCC)c1cc(-c2n[nH]nc2C(F)(F)F)ccn1. The van der Waals surface area contributed by atoms with E-state index < -0.39 is 11.9 Å². The number of pyridine rings is 1. The second kappa shape index (κ2) is 10.1. The highest BCUT2D eigenvalue weighted by Crippen LogP contribution is 2.34. The lowest BCUT2D eigenvalue weighted by Gasteiger charge is -2.17. The van der Waals surface area contributed by atoms with Gasteiger partial charge in [-0.15, -0.1) is 0 Å². The number of nitrogens with one attached hydrogen (secondary N) is 1. The number of H-pyrrole nitrogens is 1. The zero-order valence-corrected chi connectivity index (χ0v) is 17.7. The summed E-state index contributed by atoms with van der Waals surface area (Å²) in [4.78, 5) is 10.2. The van der Waals surface area contributed by atoms with Gasteiger partial charge in [-0.3, -0.25) is 9.98 Å². The van der Waals surface area contributed by atoms with E-state index in [-0.39, 0.29) is 11.3 Å². The molecule has 0 amide bonds. The zero-order chi connectivity index (χ0) is 23.1. The molecule has 1 N–H and O–H groups in total. The largest absolute Gasteiger partial charge is 0.494 e. The van der Waals surface area contributed by atoms with Crippen molar-refractivity contribution in [1.82, 2.24) is 25.3 Å². The summed E-state index contributed by atoms with van der Waals surface area (Å²) >= 11 is 0. The van der Waals surface area contributed by atoms with Gasteiger partial charge in [-0.25, -0.2) is 0 Å². The Labute approximate surface area is 183 Å². The van der Waals surface area contributed by atoms with Crippen molar-refractivity contribution in [3.63, 3.8) is 0 Å². The fourth-order valence-corrected chi connectivity index (χ4v) is 3.11. The van der Waals surface area contributed by atoms with Gasteiger partial charge in [0.1, 0.15) is 17.1 Å². The molecule has 3 aromatic rings. The smallest absolute Gasteiger partial charge is 0.437 e. The number of hydrogen-bond donors (Lipinski definition) is 1. The summed E-state index contributed by atoms with van der Waals surface area (Å²) in [5, 5.41) is 8.92. The van der Waals surface area contributed by atoms with Crippen molar-refractivity contribution in [3.8, 4) is 17.0 Å². The third-order valence-corrected chi connectivity index (χ3v) is 4.63. The Kier molecular flexibility index (Phi) is 7.24. The first-order valence-electron chi connectivity index (χ1n) is 9.87. The molecule has 7 nitrogen and oxygen atoms in total. The second-order valence-corrected chi connectivity index (χ2v) is 6.89. The topological polar surface area (TPSA) is 79.3 Å². The fourth-order valence-electron chi connectivity index (χ4n) is 3.11.